The molecule has 4 bridgehead atoms. The molecule has 42 heavy (non-hydrogen) atoms. The number of rotatable bonds is 1. The smallest absolute Gasteiger partial charge is 0.153 e. The van der Waals surface area contributed by atoms with Crippen molar-refractivity contribution in [3.05, 3.63) is 117 Å². The molecule has 2 N–H and O–H groups in total. The van der Waals surface area contributed by atoms with Crippen LogP contribution in [0.15, 0.2) is 72.8 Å². The Morgan fingerprint density at radius 1 is 0.524 bits per heavy atom. The second-order valence-corrected chi connectivity index (χ2v) is 15.6. The van der Waals surface area contributed by atoms with E-state index in [2.05, 4.69) is 88.4 Å². The summed E-state index contributed by atoms with van der Waals surface area (Å²) in [6.45, 7) is 9.70. The van der Waals surface area contributed by atoms with Crippen LogP contribution in [0.1, 0.15) is 96.9 Å². The van der Waals surface area contributed by atoms with Crippen molar-refractivity contribution in [3.8, 4) is 22.3 Å². The van der Waals surface area contributed by atoms with Gasteiger partial charge in [0.15, 0.2) is 11.2 Å². The summed E-state index contributed by atoms with van der Waals surface area (Å²) in [4.78, 5) is 0. The number of hydrogen-bond donors (Lipinski definition) is 2. The van der Waals surface area contributed by atoms with Crippen molar-refractivity contribution >= 4 is 0 Å². The minimum atomic E-state index is -1.60. The molecule has 210 valence electrons. The summed E-state index contributed by atoms with van der Waals surface area (Å²) < 4.78 is 0. The van der Waals surface area contributed by atoms with Crippen molar-refractivity contribution < 1.29 is 10.2 Å². The average Bonchev–Trinajstić information content (AvgIpc) is 3.44. The fraction of sp³-hybridized carbons (Fsp3) is 0.400. The van der Waals surface area contributed by atoms with E-state index in [0.29, 0.717) is 34.5 Å². The fourth-order valence-electron chi connectivity index (χ4n) is 11.0. The summed E-state index contributed by atoms with van der Waals surface area (Å²) in [5, 5.41) is 26.9. The Hall–Kier alpha value is -3.20. The molecule has 0 aliphatic heterocycles. The summed E-state index contributed by atoms with van der Waals surface area (Å²) in [5.41, 5.74) is 11.1. The molecule has 4 aromatic carbocycles. The van der Waals surface area contributed by atoms with E-state index in [1.807, 2.05) is 12.1 Å². The highest BCUT2D eigenvalue weighted by Crippen LogP contribution is 2.69. The second-order valence-electron chi connectivity index (χ2n) is 15.6. The van der Waals surface area contributed by atoms with Gasteiger partial charge in [0.2, 0.25) is 0 Å². The largest absolute Gasteiger partial charge is 0.377 e. The van der Waals surface area contributed by atoms with Crippen LogP contribution in [0.4, 0.5) is 0 Å². The molecule has 12 rings (SSSR count). The first-order chi connectivity index (χ1) is 20.1. The minimum Gasteiger partial charge on any atom is -0.377 e. The molecule has 2 saturated carbocycles. The van der Waals surface area contributed by atoms with E-state index < -0.39 is 11.2 Å². The van der Waals surface area contributed by atoms with E-state index in [4.69, 9.17) is 0 Å². The van der Waals surface area contributed by atoms with Gasteiger partial charge in [0.25, 0.3) is 0 Å². The van der Waals surface area contributed by atoms with Crippen LogP contribution in [0.25, 0.3) is 22.3 Å². The molecule has 0 saturated heterocycles. The quantitative estimate of drug-likeness (QED) is 0.251. The third kappa shape index (κ3) is 2.35. The van der Waals surface area contributed by atoms with Crippen molar-refractivity contribution in [1.29, 1.82) is 0 Å². The maximum absolute atomic E-state index is 13.4. The van der Waals surface area contributed by atoms with Crippen LogP contribution in [0.3, 0.4) is 0 Å². The Morgan fingerprint density at radius 3 is 1.33 bits per heavy atom. The average molecular weight is 551 g/mol. The van der Waals surface area contributed by atoms with Crippen LogP contribution in [0, 0.1) is 22.7 Å². The van der Waals surface area contributed by atoms with Gasteiger partial charge >= 0.3 is 0 Å². The van der Waals surface area contributed by atoms with Gasteiger partial charge in [0.05, 0.1) is 0 Å². The SMILES string of the molecule is CC1(C)C2Cc3c(ccc4c3-c3ccccc3C4(O)C3(O)c4ccccc4-c4c3ccc3c4CC4CC3C4(C)C)C1C2. The molecule has 0 radical (unpaired) electrons. The predicted molar refractivity (Wildman–Crippen MR) is 166 cm³/mol. The topological polar surface area (TPSA) is 40.5 Å². The zero-order chi connectivity index (χ0) is 28.6. The van der Waals surface area contributed by atoms with E-state index >= 15 is 0 Å². The molecular weight excluding hydrogens is 512 g/mol. The Kier molecular flexibility index (Phi) is 4.11. The fourth-order valence-corrected chi connectivity index (χ4v) is 11.0. The summed E-state index contributed by atoms with van der Waals surface area (Å²) in [6.07, 6.45) is 4.62. The molecule has 0 amide bonds. The molecule has 2 heteroatoms. The Bertz CT molecular complexity index is 1770. The van der Waals surface area contributed by atoms with Crippen LogP contribution in [0.2, 0.25) is 0 Å². The summed E-state index contributed by atoms with van der Waals surface area (Å²) in [5.74, 6) is 2.47. The van der Waals surface area contributed by atoms with E-state index in [1.165, 1.54) is 46.2 Å². The number of aliphatic hydroxyl groups is 2. The highest BCUT2D eigenvalue weighted by atomic mass is 16.4. The van der Waals surface area contributed by atoms with E-state index in [0.717, 1.165) is 46.2 Å². The lowest BCUT2D eigenvalue weighted by Gasteiger charge is -2.57. The van der Waals surface area contributed by atoms with Crippen molar-refractivity contribution in [2.75, 3.05) is 0 Å². The van der Waals surface area contributed by atoms with Crippen LogP contribution in [-0.2, 0) is 24.0 Å². The molecule has 8 aliphatic rings. The number of hydrogen-bond acceptors (Lipinski definition) is 2. The maximum Gasteiger partial charge on any atom is 0.153 e. The first kappa shape index (κ1) is 24.3. The van der Waals surface area contributed by atoms with Crippen LogP contribution >= 0.6 is 0 Å². The molecule has 4 aromatic rings. The van der Waals surface area contributed by atoms with E-state index in [-0.39, 0.29) is 0 Å². The van der Waals surface area contributed by atoms with Gasteiger partial charge in [-0.2, -0.15) is 0 Å². The van der Waals surface area contributed by atoms with Gasteiger partial charge in [0.1, 0.15) is 0 Å². The standard InChI is InChI=1S/C40H38O2/c1-37(2)21-17-27-23(33(37)19-21)13-15-31-35(27)25-9-5-7-11-29(25)39(31,41)40(42)30-12-8-6-10-26(30)36-28-18-22-20-34(38(22,3)4)24(28)14-16-32(36)40/h5-16,21-22,33-34,41-42H,17-20H2,1-4H3. The Morgan fingerprint density at radius 2 is 0.929 bits per heavy atom. The zero-order valence-corrected chi connectivity index (χ0v) is 25.0. The molecule has 2 fully saturated rings. The molecule has 6 unspecified atom stereocenters. The molecular formula is C40H38O2. The second kappa shape index (κ2) is 7.12. The number of fused-ring (bicyclic) bond motifs is 6. The van der Waals surface area contributed by atoms with Gasteiger partial charge in [0, 0.05) is 0 Å². The van der Waals surface area contributed by atoms with Crippen LogP contribution in [0.5, 0.6) is 0 Å². The normalized spacial score (nSPS) is 34.1. The monoisotopic (exact) mass is 550 g/mol. The molecule has 6 atom stereocenters. The van der Waals surface area contributed by atoms with Gasteiger partial charge in [-0.05, 0) is 127 Å². The van der Waals surface area contributed by atoms with Gasteiger partial charge in [-0.15, -0.1) is 0 Å². The first-order valence-corrected chi connectivity index (χ1v) is 16.1. The molecule has 0 aromatic heterocycles. The molecule has 0 heterocycles. The van der Waals surface area contributed by atoms with E-state index in [9.17, 15) is 10.2 Å². The zero-order valence-electron chi connectivity index (χ0n) is 25.0. The first-order valence-electron chi connectivity index (χ1n) is 16.1. The van der Waals surface area contributed by atoms with Crippen molar-refractivity contribution in [2.24, 2.45) is 22.7 Å². The van der Waals surface area contributed by atoms with E-state index in [1.54, 1.807) is 0 Å². The van der Waals surface area contributed by atoms with Crippen LogP contribution < -0.4 is 0 Å². The van der Waals surface area contributed by atoms with Gasteiger partial charge in [-0.1, -0.05) is 100 Å². The Labute approximate surface area is 248 Å². The third-order valence-electron chi connectivity index (χ3n) is 13.8. The maximum atomic E-state index is 13.4. The number of benzene rings is 4. The lowest BCUT2D eigenvalue weighted by Crippen LogP contribution is -2.50. The van der Waals surface area contributed by atoms with Crippen molar-refractivity contribution in [1.82, 2.24) is 0 Å². The van der Waals surface area contributed by atoms with Crippen LogP contribution in [-0.4, -0.2) is 10.2 Å². The molecule has 8 aliphatic carbocycles. The minimum absolute atomic E-state index is 0.325. The van der Waals surface area contributed by atoms with Gasteiger partial charge in [-0.25, -0.2) is 0 Å². The summed E-state index contributed by atoms with van der Waals surface area (Å²) in [6, 6.07) is 25.6. The summed E-state index contributed by atoms with van der Waals surface area (Å²) >= 11 is 0. The third-order valence-corrected chi connectivity index (χ3v) is 13.8. The Balaban J connectivity index is 1.26. The predicted octanol–water partition coefficient (Wildman–Crippen LogP) is 8.19. The summed E-state index contributed by atoms with van der Waals surface area (Å²) in [7, 11) is 0. The van der Waals surface area contributed by atoms with Crippen molar-refractivity contribution in [2.45, 2.75) is 76.4 Å². The van der Waals surface area contributed by atoms with Crippen molar-refractivity contribution in [3.63, 3.8) is 0 Å². The molecule has 2 nitrogen and oxygen atoms in total. The highest BCUT2D eigenvalue weighted by molar-refractivity contribution is 5.90. The van der Waals surface area contributed by atoms with Gasteiger partial charge < -0.3 is 10.2 Å². The lowest BCUT2D eigenvalue weighted by atomic mass is 9.47. The molecule has 0 spiro atoms. The lowest BCUT2D eigenvalue weighted by molar-refractivity contribution is -0.107. The van der Waals surface area contributed by atoms with Gasteiger partial charge in [-0.3, -0.25) is 0 Å². The highest BCUT2D eigenvalue weighted by Gasteiger charge is 2.64.